The van der Waals surface area contributed by atoms with Crippen molar-refractivity contribution in [2.75, 3.05) is 13.1 Å². The number of carbonyl (C=O) groups excluding carboxylic acids is 2. The molecule has 0 bridgehead atoms. The first-order chi connectivity index (χ1) is 8.85. The summed E-state index contributed by atoms with van der Waals surface area (Å²) in [6.45, 7) is 8.76. The summed E-state index contributed by atoms with van der Waals surface area (Å²) in [5, 5.41) is 5.47. The summed E-state index contributed by atoms with van der Waals surface area (Å²) in [7, 11) is 0. The Morgan fingerprint density at radius 1 is 1.05 bits per heavy atom. The fourth-order valence-corrected chi connectivity index (χ4v) is 1.75. The number of amides is 2. The van der Waals surface area contributed by atoms with Crippen molar-refractivity contribution in [3.63, 3.8) is 0 Å². The van der Waals surface area contributed by atoms with Gasteiger partial charge in [-0.3, -0.25) is 9.59 Å². The zero-order valence-corrected chi connectivity index (χ0v) is 12.7. The first-order valence-corrected chi connectivity index (χ1v) is 7.11. The molecule has 0 aromatic heterocycles. The fraction of sp³-hybridized carbons (Fsp3) is 0.857. The molecule has 0 aromatic rings. The molecule has 0 aliphatic rings. The van der Waals surface area contributed by atoms with E-state index >= 15 is 0 Å². The summed E-state index contributed by atoms with van der Waals surface area (Å²) < 4.78 is 0. The van der Waals surface area contributed by atoms with Crippen LogP contribution in [0, 0.1) is 11.8 Å². The van der Waals surface area contributed by atoms with Gasteiger partial charge in [0.05, 0.1) is 6.54 Å². The molecule has 0 rings (SSSR count). The Balaban J connectivity index is 3.87. The van der Waals surface area contributed by atoms with Gasteiger partial charge < -0.3 is 16.4 Å². The molecule has 0 aliphatic carbocycles. The maximum absolute atomic E-state index is 11.7. The smallest absolute Gasteiger partial charge is 0.239 e. The zero-order chi connectivity index (χ0) is 14.8. The van der Waals surface area contributed by atoms with Crippen LogP contribution in [-0.4, -0.2) is 30.9 Å². The predicted molar refractivity (Wildman–Crippen MR) is 77.5 cm³/mol. The van der Waals surface area contributed by atoms with Crippen molar-refractivity contribution in [3.8, 4) is 0 Å². The normalized spacial score (nSPS) is 12.6. The molecule has 0 spiro atoms. The van der Waals surface area contributed by atoms with Crippen LogP contribution in [0.1, 0.15) is 47.0 Å². The van der Waals surface area contributed by atoms with Crippen molar-refractivity contribution in [2.45, 2.75) is 53.0 Å². The number of rotatable bonds is 9. The van der Waals surface area contributed by atoms with E-state index in [1.54, 1.807) is 0 Å². The molecule has 1 unspecified atom stereocenters. The highest BCUT2D eigenvalue weighted by molar-refractivity contribution is 5.84. The third-order valence-electron chi connectivity index (χ3n) is 2.80. The number of hydrogen-bond donors (Lipinski definition) is 3. The van der Waals surface area contributed by atoms with E-state index < -0.39 is 0 Å². The Hall–Kier alpha value is -1.10. The van der Waals surface area contributed by atoms with Gasteiger partial charge >= 0.3 is 0 Å². The second-order valence-corrected chi connectivity index (χ2v) is 5.84. The predicted octanol–water partition coefficient (Wildman–Crippen LogP) is 1.03. The zero-order valence-electron chi connectivity index (χ0n) is 12.7. The van der Waals surface area contributed by atoms with E-state index in [0.29, 0.717) is 24.8 Å². The molecule has 112 valence electrons. The molecule has 0 saturated carbocycles. The summed E-state index contributed by atoms with van der Waals surface area (Å²) >= 11 is 0. The van der Waals surface area contributed by atoms with Crippen molar-refractivity contribution in [3.05, 3.63) is 0 Å². The van der Waals surface area contributed by atoms with E-state index in [1.165, 1.54) is 0 Å². The molecule has 5 heteroatoms. The highest BCUT2D eigenvalue weighted by Crippen LogP contribution is 2.04. The molecule has 5 nitrogen and oxygen atoms in total. The maximum atomic E-state index is 11.7. The maximum Gasteiger partial charge on any atom is 0.239 e. The average molecular weight is 271 g/mol. The highest BCUT2D eigenvalue weighted by Gasteiger charge is 2.13. The summed E-state index contributed by atoms with van der Waals surface area (Å²) in [5.41, 5.74) is 5.60. The van der Waals surface area contributed by atoms with Crippen LogP contribution in [0.2, 0.25) is 0 Å². The lowest BCUT2D eigenvalue weighted by Gasteiger charge is -2.19. The topological polar surface area (TPSA) is 84.2 Å². The molecule has 0 aromatic carbocycles. The number of nitrogens with two attached hydrogens (primary N) is 1. The Morgan fingerprint density at radius 2 is 1.68 bits per heavy atom. The van der Waals surface area contributed by atoms with Crippen molar-refractivity contribution < 1.29 is 9.59 Å². The number of hydrogen-bond acceptors (Lipinski definition) is 3. The minimum absolute atomic E-state index is 0.0138. The standard InChI is InChI=1S/C14H29N3O2/c1-10(2)5-6-13(18)16-9-14(19)17-12(8-15)7-11(3)4/h10-12H,5-9,15H2,1-4H3,(H,16,18)(H,17,19). The molecule has 1 atom stereocenters. The minimum Gasteiger partial charge on any atom is -0.351 e. The lowest BCUT2D eigenvalue weighted by atomic mass is 10.0. The summed E-state index contributed by atoms with van der Waals surface area (Å²) in [6.07, 6.45) is 2.16. The molecule has 0 radical (unpaired) electrons. The van der Waals surface area contributed by atoms with Crippen molar-refractivity contribution in [2.24, 2.45) is 17.6 Å². The molecule has 19 heavy (non-hydrogen) atoms. The number of nitrogens with one attached hydrogen (secondary N) is 2. The van der Waals surface area contributed by atoms with E-state index in [1.807, 2.05) is 0 Å². The molecular weight excluding hydrogens is 242 g/mol. The van der Waals surface area contributed by atoms with Gasteiger partial charge in [0.2, 0.25) is 11.8 Å². The quantitative estimate of drug-likeness (QED) is 0.585. The Bertz CT molecular complexity index is 278. The monoisotopic (exact) mass is 271 g/mol. The van der Waals surface area contributed by atoms with Gasteiger partial charge in [-0.05, 0) is 24.7 Å². The lowest BCUT2D eigenvalue weighted by Crippen LogP contribution is -2.45. The van der Waals surface area contributed by atoms with Gasteiger partial charge in [0.15, 0.2) is 0 Å². The van der Waals surface area contributed by atoms with Gasteiger partial charge in [-0.2, -0.15) is 0 Å². The van der Waals surface area contributed by atoms with Gasteiger partial charge in [0, 0.05) is 19.0 Å². The van der Waals surface area contributed by atoms with Crippen molar-refractivity contribution in [1.29, 1.82) is 0 Å². The minimum atomic E-state index is -0.172. The van der Waals surface area contributed by atoms with E-state index in [4.69, 9.17) is 5.73 Å². The van der Waals surface area contributed by atoms with E-state index in [-0.39, 0.29) is 24.4 Å². The second kappa shape index (κ2) is 9.78. The van der Waals surface area contributed by atoms with Gasteiger partial charge in [0.1, 0.15) is 0 Å². The summed E-state index contributed by atoms with van der Waals surface area (Å²) in [4.78, 5) is 23.1. The highest BCUT2D eigenvalue weighted by atomic mass is 16.2. The van der Waals surface area contributed by atoms with Crippen LogP contribution < -0.4 is 16.4 Å². The van der Waals surface area contributed by atoms with Crippen LogP contribution in [0.4, 0.5) is 0 Å². The van der Waals surface area contributed by atoms with Gasteiger partial charge in [-0.1, -0.05) is 27.7 Å². The largest absolute Gasteiger partial charge is 0.351 e. The lowest BCUT2D eigenvalue weighted by molar-refractivity contribution is -0.126. The second-order valence-electron chi connectivity index (χ2n) is 5.84. The molecule has 0 aliphatic heterocycles. The van der Waals surface area contributed by atoms with Crippen LogP contribution in [0.3, 0.4) is 0 Å². The SMILES string of the molecule is CC(C)CCC(=O)NCC(=O)NC(CN)CC(C)C. The fourth-order valence-electron chi connectivity index (χ4n) is 1.75. The third-order valence-corrected chi connectivity index (χ3v) is 2.80. The Kier molecular flexibility index (Phi) is 9.21. The molecule has 4 N–H and O–H groups in total. The van der Waals surface area contributed by atoms with Gasteiger partial charge in [-0.25, -0.2) is 0 Å². The first kappa shape index (κ1) is 17.9. The first-order valence-electron chi connectivity index (χ1n) is 7.11. The van der Waals surface area contributed by atoms with E-state index in [0.717, 1.165) is 12.8 Å². The molecule has 0 fully saturated rings. The molecule has 2 amide bonds. The summed E-state index contributed by atoms with van der Waals surface area (Å²) in [6, 6.07) is -0.0138. The summed E-state index contributed by atoms with van der Waals surface area (Å²) in [5.74, 6) is 0.729. The Labute approximate surface area is 116 Å². The van der Waals surface area contributed by atoms with Crippen LogP contribution in [0.5, 0.6) is 0 Å². The number of carbonyl (C=O) groups is 2. The van der Waals surface area contributed by atoms with E-state index in [2.05, 4.69) is 38.3 Å². The van der Waals surface area contributed by atoms with Crippen LogP contribution in [0.15, 0.2) is 0 Å². The van der Waals surface area contributed by atoms with Crippen LogP contribution in [-0.2, 0) is 9.59 Å². The van der Waals surface area contributed by atoms with Crippen LogP contribution >= 0.6 is 0 Å². The van der Waals surface area contributed by atoms with Crippen molar-refractivity contribution in [1.82, 2.24) is 10.6 Å². The average Bonchev–Trinajstić information content (AvgIpc) is 2.32. The van der Waals surface area contributed by atoms with Crippen molar-refractivity contribution >= 4 is 11.8 Å². The van der Waals surface area contributed by atoms with Gasteiger partial charge in [-0.15, -0.1) is 0 Å². The van der Waals surface area contributed by atoms with E-state index in [9.17, 15) is 9.59 Å². The third kappa shape index (κ3) is 10.5. The molecule has 0 saturated heterocycles. The van der Waals surface area contributed by atoms with Gasteiger partial charge in [0.25, 0.3) is 0 Å². The molecule has 0 heterocycles. The Morgan fingerprint density at radius 3 is 2.16 bits per heavy atom. The van der Waals surface area contributed by atoms with Crippen LogP contribution in [0.25, 0.3) is 0 Å². The molecular formula is C14H29N3O2.